The fourth-order valence-corrected chi connectivity index (χ4v) is 3.97. The minimum Gasteiger partial charge on any atom is -0.508 e. The molecule has 1 spiro atoms. The highest BCUT2D eigenvalue weighted by molar-refractivity contribution is 5.94. The van der Waals surface area contributed by atoms with Crippen LogP contribution in [0.25, 0.3) is 0 Å². The van der Waals surface area contributed by atoms with Crippen LogP contribution in [0.2, 0.25) is 0 Å². The van der Waals surface area contributed by atoms with Crippen LogP contribution in [0.15, 0.2) is 24.3 Å². The van der Waals surface area contributed by atoms with Crippen LogP contribution in [0, 0.1) is 5.41 Å². The highest BCUT2D eigenvalue weighted by atomic mass is 16.3. The van der Waals surface area contributed by atoms with Gasteiger partial charge in [0.05, 0.1) is 6.10 Å². The smallest absolute Gasteiger partial charge is 0.253 e. The Labute approximate surface area is 148 Å². The Bertz CT molecular complexity index is 633. The van der Waals surface area contributed by atoms with E-state index < -0.39 is 6.10 Å². The zero-order chi connectivity index (χ0) is 18.0. The van der Waals surface area contributed by atoms with Crippen molar-refractivity contribution < 1.29 is 19.8 Å². The van der Waals surface area contributed by atoms with E-state index in [0.717, 1.165) is 19.3 Å². The summed E-state index contributed by atoms with van der Waals surface area (Å²) in [5.41, 5.74) is 0.650. The van der Waals surface area contributed by atoms with Gasteiger partial charge in [-0.2, -0.15) is 0 Å². The summed E-state index contributed by atoms with van der Waals surface area (Å²) in [5.74, 6) is 0.260. The fourth-order valence-electron chi connectivity index (χ4n) is 3.97. The second kappa shape index (κ2) is 7.04. The van der Waals surface area contributed by atoms with Crippen molar-refractivity contribution in [2.24, 2.45) is 5.41 Å². The number of hydrogen-bond donors (Lipinski definition) is 2. The zero-order valence-corrected chi connectivity index (χ0v) is 14.6. The first-order valence-electron chi connectivity index (χ1n) is 8.93. The second-order valence-electron chi connectivity index (χ2n) is 7.46. The van der Waals surface area contributed by atoms with Crippen molar-refractivity contribution in [2.45, 2.75) is 38.7 Å². The van der Waals surface area contributed by atoms with E-state index in [9.17, 15) is 19.8 Å². The SMILES string of the molecule is C[C@H](O)CN1CC2(CCC1=O)CCN(C(=O)c1ccc(O)cc1)CC2. The Morgan fingerprint density at radius 3 is 2.44 bits per heavy atom. The summed E-state index contributed by atoms with van der Waals surface area (Å²) in [6.45, 7) is 4.12. The molecule has 0 bridgehead atoms. The number of aliphatic hydroxyl groups is 1. The average Bonchev–Trinajstić information content (AvgIpc) is 2.59. The Kier molecular flexibility index (Phi) is 4.99. The molecular weight excluding hydrogens is 320 g/mol. The van der Waals surface area contributed by atoms with Gasteiger partial charge in [0, 0.05) is 38.2 Å². The van der Waals surface area contributed by atoms with Gasteiger partial charge < -0.3 is 20.0 Å². The number of phenolic OH excluding ortho intramolecular Hbond substituents is 1. The maximum Gasteiger partial charge on any atom is 0.253 e. The number of hydrogen-bond acceptors (Lipinski definition) is 4. The molecule has 25 heavy (non-hydrogen) atoms. The van der Waals surface area contributed by atoms with Crippen molar-refractivity contribution >= 4 is 11.8 Å². The zero-order valence-electron chi connectivity index (χ0n) is 14.6. The first-order chi connectivity index (χ1) is 11.9. The third-order valence-electron chi connectivity index (χ3n) is 5.46. The van der Waals surface area contributed by atoms with E-state index in [4.69, 9.17) is 0 Å². The maximum absolute atomic E-state index is 12.6. The van der Waals surface area contributed by atoms with Crippen molar-refractivity contribution in [3.8, 4) is 5.75 Å². The van der Waals surface area contributed by atoms with Crippen LogP contribution in [0.4, 0.5) is 0 Å². The Morgan fingerprint density at radius 1 is 1.20 bits per heavy atom. The molecule has 3 rings (SSSR count). The van der Waals surface area contributed by atoms with Gasteiger partial charge in [-0.05, 0) is 55.9 Å². The Hall–Kier alpha value is -2.08. The molecule has 2 aliphatic rings. The molecule has 6 nitrogen and oxygen atoms in total. The molecule has 0 aromatic heterocycles. The van der Waals surface area contributed by atoms with Crippen LogP contribution < -0.4 is 0 Å². The van der Waals surface area contributed by atoms with Crippen LogP contribution in [-0.2, 0) is 4.79 Å². The predicted octanol–water partition coefficient (Wildman–Crippen LogP) is 1.62. The Balaban J connectivity index is 1.61. The van der Waals surface area contributed by atoms with Gasteiger partial charge in [0.25, 0.3) is 5.91 Å². The number of aromatic hydroxyl groups is 1. The molecule has 2 N–H and O–H groups in total. The van der Waals surface area contributed by atoms with Gasteiger partial charge in [-0.15, -0.1) is 0 Å². The standard InChI is InChI=1S/C19H26N2O4/c1-14(22)12-21-13-19(7-6-17(21)24)8-10-20(11-9-19)18(25)15-2-4-16(23)5-3-15/h2-5,14,22-23H,6-13H2,1H3/t14-/m0/s1. The molecule has 0 unspecified atom stereocenters. The molecule has 0 radical (unpaired) electrons. The third kappa shape index (κ3) is 3.95. The molecule has 1 aromatic carbocycles. The number of rotatable bonds is 3. The number of piperidine rings is 2. The molecule has 0 aliphatic carbocycles. The highest BCUT2D eigenvalue weighted by Crippen LogP contribution is 2.40. The van der Waals surface area contributed by atoms with Crippen LogP contribution in [0.3, 0.4) is 0 Å². The van der Waals surface area contributed by atoms with E-state index >= 15 is 0 Å². The summed E-state index contributed by atoms with van der Waals surface area (Å²) in [7, 11) is 0. The molecule has 2 saturated heterocycles. The number of β-amino-alcohol motifs (C(OH)–C–C–N with tert-alkyl or cyclic N) is 1. The van der Waals surface area contributed by atoms with Crippen molar-refractivity contribution in [1.29, 1.82) is 0 Å². The van der Waals surface area contributed by atoms with Crippen LogP contribution >= 0.6 is 0 Å². The van der Waals surface area contributed by atoms with Crippen molar-refractivity contribution in [1.82, 2.24) is 9.80 Å². The van der Waals surface area contributed by atoms with E-state index in [0.29, 0.717) is 38.2 Å². The number of phenols is 1. The first-order valence-corrected chi connectivity index (χ1v) is 8.93. The van der Waals surface area contributed by atoms with Gasteiger partial charge >= 0.3 is 0 Å². The normalized spacial score (nSPS) is 21.4. The Morgan fingerprint density at radius 2 is 1.84 bits per heavy atom. The number of likely N-dealkylation sites (tertiary alicyclic amines) is 2. The van der Waals surface area contributed by atoms with Crippen LogP contribution in [0.1, 0.15) is 43.0 Å². The molecule has 1 aromatic rings. The van der Waals surface area contributed by atoms with Gasteiger partial charge in [-0.1, -0.05) is 0 Å². The quantitative estimate of drug-likeness (QED) is 0.871. The van der Waals surface area contributed by atoms with E-state index in [2.05, 4.69) is 0 Å². The lowest BCUT2D eigenvalue weighted by molar-refractivity contribution is -0.140. The van der Waals surface area contributed by atoms with Crippen LogP contribution in [-0.4, -0.2) is 64.1 Å². The molecule has 2 aliphatic heterocycles. The molecule has 2 heterocycles. The molecule has 2 fully saturated rings. The van der Waals surface area contributed by atoms with Crippen LogP contribution in [0.5, 0.6) is 5.75 Å². The maximum atomic E-state index is 12.6. The van der Waals surface area contributed by atoms with Gasteiger partial charge in [0.15, 0.2) is 0 Å². The van der Waals surface area contributed by atoms with Gasteiger partial charge in [-0.3, -0.25) is 9.59 Å². The highest BCUT2D eigenvalue weighted by Gasteiger charge is 2.41. The summed E-state index contributed by atoms with van der Waals surface area (Å²) < 4.78 is 0. The number of carbonyl (C=O) groups is 2. The lowest BCUT2D eigenvalue weighted by Gasteiger charge is -2.47. The third-order valence-corrected chi connectivity index (χ3v) is 5.46. The van der Waals surface area contributed by atoms with Gasteiger partial charge in [-0.25, -0.2) is 0 Å². The van der Waals surface area contributed by atoms with Crippen molar-refractivity contribution in [3.63, 3.8) is 0 Å². The molecule has 136 valence electrons. The summed E-state index contributed by atoms with van der Waals surface area (Å²) in [4.78, 5) is 28.3. The molecule has 1 atom stereocenters. The number of carbonyl (C=O) groups excluding carboxylic acids is 2. The van der Waals surface area contributed by atoms with Crippen molar-refractivity contribution in [3.05, 3.63) is 29.8 Å². The minimum atomic E-state index is -0.518. The number of benzene rings is 1. The number of aliphatic hydroxyl groups excluding tert-OH is 1. The molecular formula is C19H26N2O4. The molecule has 2 amide bonds. The lowest BCUT2D eigenvalue weighted by Crippen LogP contribution is -2.53. The summed E-state index contributed by atoms with van der Waals surface area (Å²) in [6.07, 6.45) is 2.62. The largest absolute Gasteiger partial charge is 0.508 e. The predicted molar refractivity (Wildman–Crippen MR) is 93.2 cm³/mol. The lowest BCUT2D eigenvalue weighted by atomic mass is 9.72. The van der Waals surface area contributed by atoms with Gasteiger partial charge in [0.1, 0.15) is 5.75 Å². The fraction of sp³-hybridized carbons (Fsp3) is 0.579. The summed E-state index contributed by atoms with van der Waals surface area (Å²) in [6, 6.07) is 6.34. The van der Waals surface area contributed by atoms with E-state index in [1.807, 2.05) is 4.90 Å². The molecule has 6 heteroatoms. The van der Waals surface area contributed by atoms with E-state index in [1.165, 1.54) is 12.1 Å². The molecule has 0 saturated carbocycles. The van der Waals surface area contributed by atoms with Crippen molar-refractivity contribution in [2.75, 3.05) is 26.2 Å². The average molecular weight is 346 g/mol. The van der Waals surface area contributed by atoms with E-state index in [1.54, 1.807) is 24.0 Å². The van der Waals surface area contributed by atoms with Gasteiger partial charge in [0.2, 0.25) is 5.91 Å². The summed E-state index contributed by atoms with van der Waals surface area (Å²) in [5, 5.41) is 19.0. The topological polar surface area (TPSA) is 81.1 Å². The number of amides is 2. The second-order valence-corrected chi connectivity index (χ2v) is 7.46. The minimum absolute atomic E-state index is 0.0115. The number of nitrogens with zero attached hydrogens (tertiary/aromatic N) is 2. The summed E-state index contributed by atoms with van der Waals surface area (Å²) >= 11 is 0. The first kappa shape index (κ1) is 17.7. The monoisotopic (exact) mass is 346 g/mol. The van der Waals surface area contributed by atoms with E-state index in [-0.39, 0.29) is 23.0 Å².